The van der Waals surface area contributed by atoms with Crippen molar-refractivity contribution in [2.45, 2.75) is 24.3 Å². The summed E-state index contributed by atoms with van der Waals surface area (Å²) < 4.78 is 34.2. The molecule has 2 aromatic heterocycles. The summed E-state index contributed by atoms with van der Waals surface area (Å²) in [4.78, 5) is 25.2. The number of fused-ring (bicyclic) bond motifs is 1. The third-order valence-electron chi connectivity index (χ3n) is 4.63. The first-order valence-corrected chi connectivity index (χ1v) is 11.6. The van der Waals surface area contributed by atoms with Crippen molar-refractivity contribution < 1.29 is 17.9 Å². The van der Waals surface area contributed by atoms with E-state index in [2.05, 4.69) is 10.0 Å². The first kappa shape index (κ1) is 23.5. The van der Waals surface area contributed by atoms with Crippen molar-refractivity contribution in [3.8, 4) is 5.75 Å². The fourth-order valence-corrected chi connectivity index (χ4v) is 4.28. The van der Waals surface area contributed by atoms with Gasteiger partial charge >= 0.3 is 0 Å². The molecule has 0 aliphatic heterocycles. The Kier molecular flexibility index (Phi) is 7.62. The summed E-state index contributed by atoms with van der Waals surface area (Å²) in [7, 11) is -3.69. The molecule has 3 aromatic rings. The molecule has 170 valence electrons. The zero-order valence-electron chi connectivity index (χ0n) is 17.7. The molecule has 10 heteroatoms. The average Bonchev–Trinajstić information content (AvgIpc) is 2.78. The van der Waals surface area contributed by atoms with Crippen molar-refractivity contribution in [1.29, 1.82) is 0 Å². The molecule has 0 aliphatic rings. The van der Waals surface area contributed by atoms with E-state index in [-0.39, 0.29) is 22.6 Å². The fraction of sp³-hybridized carbons (Fsp3) is 0.273. The number of ether oxygens (including phenoxy) is 1. The Balaban J connectivity index is 1.65. The Morgan fingerprint density at radius 3 is 2.62 bits per heavy atom. The van der Waals surface area contributed by atoms with Crippen LogP contribution in [0.2, 0.25) is 0 Å². The normalized spacial score (nSPS) is 12.4. The van der Waals surface area contributed by atoms with E-state index in [0.717, 1.165) is 0 Å². The Bertz CT molecular complexity index is 1240. The lowest BCUT2D eigenvalue weighted by Gasteiger charge is -2.15. The lowest BCUT2D eigenvalue weighted by Crippen LogP contribution is -2.41. The summed E-state index contributed by atoms with van der Waals surface area (Å²) in [5.41, 5.74) is 5.78. The minimum Gasteiger partial charge on any atom is -0.492 e. The highest BCUT2D eigenvalue weighted by atomic mass is 32.2. The Hall–Kier alpha value is -3.21. The summed E-state index contributed by atoms with van der Waals surface area (Å²) in [5.74, 6) is 0.0587. The Labute approximate surface area is 186 Å². The number of carbonyl (C=O) groups excluding carboxylic acids is 1. The summed E-state index contributed by atoms with van der Waals surface area (Å²) in [5, 5.41) is 2.66. The van der Waals surface area contributed by atoms with Gasteiger partial charge in [0, 0.05) is 29.7 Å². The molecule has 1 atom stereocenters. The number of hydrogen-bond acceptors (Lipinski definition) is 6. The van der Waals surface area contributed by atoms with Gasteiger partial charge in [-0.05, 0) is 50.2 Å². The Morgan fingerprint density at radius 2 is 1.91 bits per heavy atom. The van der Waals surface area contributed by atoms with Crippen LogP contribution in [-0.4, -0.2) is 44.5 Å². The van der Waals surface area contributed by atoms with E-state index in [0.29, 0.717) is 30.8 Å². The molecular weight excluding hydrogens is 432 g/mol. The SMILES string of the molecule is CC(CNC(=O)c1cc(=O)n2cc(OCCCN)ccc2c1)NS(=O)(=O)c1ccccc1. The van der Waals surface area contributed by atoms with Gasteiger partial charge in [-0.25, -0.2) is 13.1 Å². The maximum Gasteiger partial charge on any atom is 0.255 e. The fourth-order valence-electron chi connectivity index (χ4n) is 3.02. The third-order valence-corrected chi connectivity index (χ3v) is 6.24. The molecule has 1 aromatic carbocycles. The maximum atomic E-state index is 12.5. The largest absolute Gasteiger partial charge is 0.492 e. The second kappa shape index (κ2) is 10.4. The van der Waals surface area contributed by atoms with Gasteiger partial charge in [0.15, 0.2) is 0 Å². The predicted molar refractivity (Wildman–Crippen MR) is 121 cm³/mol. The van der Waals surface area contributed by atoms with Gasteiger partial charge in [-0.1, -0.05) is 18.2 Å². The van der Waals surface area contributed by atoms with Gasteiger partial charge in [0.25, 0.3) is 11.5 Å². The quantitative estimate of drug-likeness (QED) is 0.390. The number of nitrogens with zero attached hydrogens (tertiary/aromatic N) is 1. The lowest BCUT2D eigenvalue weighted by atomic mass is 10.2. The van der Waals surface area contributed by atoms with E-state index in [1.165, 1.54) is 22.6 Å². The molecule has 9 nitrogen and oxygen atoms in total. The molecule has 0 spiro atoms. The van der Waals surface area contributed by atoms with Crippen LogP contribution in [0.4, 0.5) is 0 Å². The number of hydrogen-bond donors (Lipinski definition) is 3. The van der Waals surface area contributed by atoms with Crippen molar-refractivity contribution in [2.24, 2.45) is 5.73 Å². The number of amides is 1. The average molecular weight is 459 g/mol. The number of rotatable bonds is 10. The first-order valence-electron chi connectivity index (χ1n) is 10.1. The van der Waals surface area contributed by atoms with E-state index in [4.69, 9.17) is 10.5 Å². The molecule has 0 saturated heterocycles. The molecule has 3 rings (SSSR count). The molecular formula is C22H26N4O5S. The highest BCUT2D eigenvalue weighted by molar-refractivity contribution is 7.89. The topological polar surface area (TPSA) is 132 Å². The van der Waals surface area contributed by atoms with Gasteiger partial charge in [0.2, 0.25) is 10.0 Å². The molecule has 0 bridgehead atoms. The second-order valence-electron chi connectivity index (χ2n) is 7.28. The summed E-state index contributed by atoms with van der Waals surface area (Å²) in [6.07, 6.45) is 2.27. The highest BCUT2D eigenvalue weighted by Gasteiger charge is 2.18. The van der Waals surface area contributed by atoms with Crippen molar-refractivity contribution in [3.63, 3.8) is 0 Å². The number of sulfonamides is 1. The maximum absolute atomic E-state index is 12.5. The van der Waals surface area contributed by atoms with Gasteiger partial charge in [0.05, 0.1) is 17.7 Å². The van der Waals surface area contributed by atoms with Crippen LogP contribution in [0.5, 0.6) is 5.75 Å². The summed E-state index contributed by atoms with van der Waals surface area (Å²) in [6.45, 7) is 2.65. The zero-order valence-corrected chi connectivity index (χ0v) is 18.5. The van der Waals surface area contributed by atoms with Gasteiger partial charge in [0.1, 0.15) is 5.75 Å². The van der Waals surface area contributed by atoms with Gasteiger partial charge in [-0.2, -0.15) is 0 Å². The minimum absolute atomic E-state index is 0.0538. The highest BCUT2D eigenvalue weighted by Crippen LogP contribution is 2.13. The van der Waals surface area contributed by atoms with Crippen LogP contribution < -0.4 is 26.1 Å². The van der Waals surface area contributed by atoms with Crippen molar-refractivity contribution in [3.05, 3.63) is 76.7 Å². The molecule has 0 aliphatic carbocycles. The molecule has 1 amide bonds. The van der Waals surface area contributed by atoms with E-state index < -0.39 is 22.0 Å². The van der Waals surface area contributed by atoms with Gasteiger partial charge < -0.3 is 15.8 Å². The summed E-state index contributed by atoms with van der Waals surface area (Å²) in [6, 6.07) is 13.6. The van der Waals surface area contributed by atoms with Gasteiger partial charge in [-0.3, -0.25) is 14.0 Å². The van der Waals surface area contributed by atoms with Crippen molar-refractivity contribution in [1.82, 2.24) is 14.4 Å². The van der Waals surface area contributed by atoms with Crippen molar-refractivity contribution >= 4 is 21.4 Å². The van der Waals surface area contributed by atoms with Crippen LogP contribution in [0.3, 0.4) is 0 Å². The second-order valence-corrected chi connectivity index (χ2v) is 8.99. The lowest BCUT2D eigenvalue weighted by molar-refractivity contribution is 0.0951. The number of nitrogens with two attached hydrogens (primary N) is 1. The van der Waals surface area contributed by atoms with E-state index in [9.17, 15) is 18.0 Å². The minimum atomic E-state index is -3.69. The Morgan fingerprint density at radius 1 is 1.16 bits per heavy atom. The van der Waals surface area contributed by atoms with Crippen molar-refractivity contribution in [2.75, 3.05) is 19.7 Å². The molecule has 1 unspecified atom stereocenters. The third kappa shape index (κ3) is 5.94. The van der Waals surface area contributed by atoms with Crippen LogP contribution in [0, 0.1) is 0 Å². The molecule has 0 saturated carbocycles. The first-order chi connectivity index (χ1) is 15.3. The van der Waals surface area contributed by atoms with E-state index in [1.54, 1.807) is 49.5 Å². The molecule has 32 heavy (non-hydrogen) atoms. The summed E-state index contributed by atoms with van der Waals surface area (Å²) >= 11 is 0. The number of benzene rings is 1. The van der Waals surface area contributed by atoms with E-state index >= 15 is 0 Å². The molecule has 4 N–H and O–H groups in total. The van der Waals surface area contributed by atoms with Crippen LogP contribution in [0.1, 0.15) is 23.7 Å². The van der Waals surface area contributed by atoms with E-state index in [1.807, 2.05) is 0 Å². The molecule has 0 fully saturated rings. The standard InChI is InChI=1S/C22H26N4O5S/c1-16(25-32(29,30)20-6-3-2-4-7-20)14-24-22(28)17-12-18-8-9-19(31-11-5-10-23)15-26(18)21(27)13-17/h2-4,6-9,12-13,15-16,25H,5,10-11,14,23H2,1H3,(H,24,28). The number of carbonyl (C=O) groups is 1. The van der Waals surface area contributed by atoms with Crippen LogP contribution in [-0.2, 0) is 10.0 Å². The number of aromatic nitrogens is 1. The predicted octanol–water partition coefficient (Wildman–Crippen LogP) is 1.12. The van der Waals surface area contributed by atoms with Crippen LogP contribution in [0.25, 0.3) is 5.52 Å². The molecule has 0 radical (unpaired) electrons. The smallest absolute Gasteiger partial charge is 0.255 e. The molecule has 2 heterocycles. The number of nitrogens with one attached hydrogen (secondary N) is 2. The zero-order chi connectivity index (χ0) is 23.1. The monoisotopic (exact) mass is 458 g/mol. The number of pyridine rings is 2. The van der Waals surface area contributed by atoms with Crippen LogP contribution >= 0.6 is 0 Å². The van der Waals surface area contributed by atoms with Gasteiger partial charge in [-0.15, -0.1) is 0 Å². The van der Waals surface area contributed by atoms with Crippen LogP contribution in [0.15, 0.2) is 70.5 Å².